The molecule has 4 heteroatoms. The van der Waals surface area contributed by atoms with Crippen LogP contribution in [0.1, 0.15) is 47.8 Å². The lowest BCUT2D eigenvalue weighted by Gasteiger charge is -2.37. The average molecular weight is 270 g/mol. The van der Waals surface area contributed by atoms with Crippen molar-refractivity contribution < 1.29 is 9.90 Å². The van der Waals surface area contributed by atoms with Crippen molar-refractivity contribution in [2.24, 2.45) is 0 Å². The van der Waals surface area contributed by atoms with Gasteiger partial charge in [0.25, 0.3) is 0 Å². The summed E-state index contributed by atoms with van der Waals surface area (Å²) in [6.07, 6.45) is 3.17. The molecule has 0 saturated heterocycles. The van der Waals surface area contributed by atoms with Crippen molar-refractivity contribution in [2.75, 3.05) is 0 Å². The summed E-state index contributed by atoms with van der Waals surface area (Å²) in [5.74, 6) is -0.552. The topological polar surface area (TPSA) is 55.1 Å². The molecule has 0 spiro atoms. The molecule has 0 aliphatic carbocycles. The van der Waals surface area contributed by atoms with Crippen LogP contribution in [0, 0.1) is 0 Å². The van der Waals surface area contributed by atoms with Gasteiger partial charge in [0.05, 0.1) is 17.4 Å². The van der Waals surface area contributed by atoms with Gasteiger partial charge in [-0.25, -0.2) is 4.79 Å². The van der Waals surface area contributed by atoms with Gasteiger partial charge in [-0.3, -0.25) is 4.68 Å². The molecule has 4 nitrogen and oxygen atoms in total. The zero-order valence-corrected chi connectivity index (χ0v) is 11.7. The number of aromatic nitrogens is 2. The summed E-state index contributed by atoms with van der Waals surface area (Å²) >= 11 is 0. The summed E-state index contributed by atoms with van der Waals surface area (Å²) in [4.78, 5) is 11.3. The fourth-order valence-corrected chi connectivity index (χ4v) is 3.23. The zero-order valence-electron chi connectivity index (χ0n) is 11.7. The molecule has 1 atom stereocenters. The summed E-state index contributed by atoms with van der Waals surface area (Å²) in [5.41, 5.74) is 2.27. The van der Waals surface area contributed by atoms with E-state index in [9.17, 15) is 9.90 Å². The van der Waals surface area contributed by atoms with Gasteiger partial charge in [-0.2, -0.15) is 5.10 Å². The van der Waals surface area contributed by atoms with Crippen LogP contribution < -0.4 is 0 Å². The predicted molar refractivity (Wildman–Crippen MR) is 76.0 cm³/mol. The second-order valence-corrected chi connectivity index (χ2v) is 6.05. The Kier molecular flexibility index (Phi) is 2.89. The smallest absolute Gasteiger partial charge is 0.339 e. The summed E-state index contributed by atoms with van der Waals surface area (Å²) in [5, 5.41) is 13.6. The van der Waals surface area contributed by atoms with Crippen LogP contribution in [0.3, 0.4) is 0 Å². The maximum Gasteiger partial charge on any atom is 0.339 e. The minimum atomic E-state index is -0.893. The van der Waals surface area contributed by atoms with Gasteiger partial charge in [0, 0.05) is 0 Å². The maximum atomic E-state index is 11.3. The minimum absolute atomic E-state index is 0.165. The van der Waals surface area contributed by atoms with E-state index < -0.39 is 5.97 Å². The summed E-state index contributed by atoms with van der Waals surface area (Å²) in [6, 6.07) is 10.3. The van der Waals surface area contributed by atoms with Gasteiger partial charge in [0.2, 0.25) is 0 Å². The molecule has 2 heterocycles. The highest BCUT2D eigenvalue weighted by Crippen LogP contribution is 2.39. The van der Waals surface area contributed by atoms with Crippen LogP contribution in [-0.2, 0) is 12.0 Å². The van der Waals surface area contributed by atoms with E-state index in [0.29, 0.717) is 11.5 Å². The summed E-state index contributed by atoms with van der Waals surface area (Å²) in [7, 11) is 0. The van der Waals surface area contributed by atoms with Crippen LogP contribution >= 0.6 is 0 Å². The second-order valence-electron chi connectivity index (χ2n) is 6.05. The molecular weight excluding hydrogens is 252 g/mol. The van der Waals surface area contributed by atoms with Gasteiger partial charge < -0.3 is 5.11 Å². The molecule has 2 aromatic rings. The van der Waals surface area contributed by atoms with Crippen molar-refractivity contribution in [3.63, 3.8) is 0 Å². The van der Waals surface area contributed by atoms with Crippen LogP contribution in [0.15, 0.2) is 36.5 Å². The SMILES string of the molecule is CC1(C)C[C@@H](c2ccccc2)Cc2c(C(=O)O)cnn21. The first kappa shape index (κ1) is 12.9. The van der Waals surface area contributed by atoms with Crippen molar-refractivity contribution in [3.05, 3.63) is 53.3 Å². The molecule has 1 aliphatic rings. The first-order valence-electron chi connectivity index (χ1n) is 6.84. The van der Waals surface area contributed by atoms with Crippen LogP contribution in [0.5, 0.6) is 0 Å². The number of fused-ring (bicyclic) bond motifs is 1. The molecule has 0 unspecified atom stereocenters. The van der Waals surface area contributed by atoms with E-state index in [1.807, 2.05) is 22.9 Å². The molecule has 0 saturated carbocycles. The fourth-order valence-electron chi connectivity index (χ4n) is 3.23. The Morgan fingerprint density at radius 3 is 2.70 bits per heavy atom. The Morgan fingerprint density at radius 2 is 2.05 bits per heavy atom. The Bertz CT molecular complexity index is 644. The fraction of sp³-hybridized carbons (Fsp3) is 0.375. The van der Waals surface area contributed by atoms with E-state index in [-0.39, 0.29) is 5.54 Å². The number of carboxylic acid groups (broad SMARTS) is 1. The normalized spacial score (nSPS) is 20.4. The standard InChI is InChI=1S/C16H18N2O2/c1-16(2)9-12(11-6-4-3-5-7-11)8-14-13(15(19)20)10-17-18(14)16/h3-7,10,12H,8-9H2,1-2H3,(H,19,20)/t12-/m0/s1. The summed E-state index contributed by atoms with van der Waals surface area (Å²) in [6.45, 7) is 4.23. The predicted octanol–water partition coefficient (Wildman–Crippen LogP) is 3.05. The van der Waals surface area contributed by atoms with Crippen molar-refractivity contribution in [1.29, 1.82) is 0 Å². The number of benzene rings is 1. The van der Waals surface area contributed by atoms with Crippen molar-refractivity contribution in [2.45, 2.75) is 38.1 Å². The molecule has 3 rings (SSSR count). The number of hydrogen-bond acceptors (Lipinski definition) is 2. The number of carboxylic acids is 1. The third-order valence-electron chi connectivity index (χ3n) is 4.13. The van der Waals surface area contributed by atoms with E-state index in [2.05, 4.69) is 31.1 Å². The molecule has 0 fully saturated rings. The van der Waals surface area contributed by atoms with Crippen molar-refractivity contribution in [3.8, 4) is 0 Å². The average Bonchev–Trinajstić information content (AvgIpc) is 2.84. The van der Waals surface area contributed by atoms with Crippen LogP contribution in [0.25, 0.3) is 0 Å². The molecule has 0 bridgehead atoms. The molecular formula is C16H18N2O2. The number of aromatic carboxylic acids is 1. The first-order valence-corrected chi connectivity index (χ1v) is 6.84. The highest BCUT2D eigenvalue weighted by Gasteiger charge is 2.36. The lowest BCUT2D eigenvalue weighted by atomic mass is 9.79. The zero-order chi connectivity index (χ0) is 14.3. The Morgan fingerprint density at radius 1 is 1.35 bits per heavy atom. The molecule has 1 N–H and O–H groups in total. The van der Waals surface area contributed by atoms with Crippen LogP contribution in [-0.4, -0.2) is 20.9 Å². The van der Waals surface area contributed by atoms with E-state index in [0.717, 1.165) is 18.5 Å². The van der Waals surface area contributed by atoms with E-state index in [1.54, 1.807) is 0 Å². The van der Waals surface area contributed by atoms with Gasteiger partial charge in [-0.1, -0.05) is 30.3 Å². The molecule has 1 aromatic carbocycles. The van der Waals surface area contributed by atoms with E-state index in [4.69, 9.17) is 0 Å². The quantitative estimate of drug-likeness (QED) is 0.912. The highest BCUT2D eigenvalue weighted by molar-refractivity contribution is 5.88. The molecule has 104 valence electrons. The third kappa shape index (κ3) is 2.01. The van der Waals surface area contributed by atoms with Gasteiger partial charge in [0.1, 0.15) is 5.56 Å². The van der Waals surface area contributed by atoms with E-state index in [1.165, 1.54) is 11.8 Å². The second kappa shape index (κ2) is 4.47. The first-order chi connectivity index (χ1) is 9.49. The number of carbonyl (C=O) groups is 1. The van der Waals surface area contributed by atoms with Gasteiger partial charge in [-0.05, 0) is 38.2 Å². The Labute approximate surface area is 118 Å². The largest absolute Gasteiger partial charge is 0.478 e. The number of rotatable bonds is 2. The molecule has 1 aromatic heterocycles. The van der Waals surface area contributed by atoms with Gasteiger partial charge in [0.15, 0.2) is 0 Å². The van der Waals surface area contributed by atoms with Crippen molar-refractivity contribution >= 4 is 5.97 Å². The number of hydrogen-bond donors (Lipinski definition) is 1. The molecule has 20 heavy (non-hydrogen) atoms. The molecule has 1 aliphatic heterocycles. The molecule has 0 amide bonds. The number of nitrogens with zero attached hydrogens (tertiary/aromatic N) is 2. The Balaban J connectivity index is 2.05. The third-order valence-corrected chi connectivity index (χ3v) is 4.13. The van der Waals surface area contributed by atoms with E-state index >= 15 is 0 Å². The van der Waals surface area contributed by atoms with Crippen LogP contribution in [0.4, 0.5) is 0 Å². The van der Waals surface area contributed by atoms with Crippen molar-refractivity contribution in [1.82, 2.24) is 9.78 Å². The lowest BCUT2D eigenvalue weighted by molar-refractivity contribution is 0.0694. The Hall–Kier alpha value is -2.10. The minimum Gasteiger partial charge on any atom is -0.478 e. The highest BCUT2D eigenvalue weighted by atomic mass is 16.4. The van der Waals surface area contributed by atoms with Gasteiger partial charge >= 0.3 is 5.97 Å². The monoisotopic (exact) mass is 270 g/mol. The maximum absolute atomic E-state index is 11.3. The van der Waals surface area contributed by atoms with Gasteiger partial charge in [-0.15, -0.1) is 0 Å². The lowest BCUT2D eigenvalue weighted by Crippen LogP contribution is -2.36. The van der Waals surface area contributed by atoms with Crippen LogP contribution in [0.2, 0.25) is 0 Å². The molecule has 0 radical (unpaired) electrons. The summed E-state index contributed by atoms with van der Waals surface area (Å²) < 4.78 is 1.88.